The van der Waals surface area contributed by atoms with Crippen LogP contribution in [0, 0.1) is 35.5 Å². The third-order valence-electron chi connectivity index (χ3n) is 15.5. The van der Waals surface area contributed by atoms with Crippen molar-refractivity contribution in [3.63, 3.8) is 0 Å². The summed E-state index contributed by atoms with van der Waals surface area (Å²) < 4.78 is 60.0. The Morgan fingerprint density at radius 1 is 0.865 bits per heavy atom. The number of ether oxygens (including phenoxy) is 6. The van der Waals surface area contributed by atoms with Gasteiger partial charge in [-0.25, -0.2) is 4.79 Å². The van der Waals surface area contributed by atoms with E-state index in [-0.39, 0.29) is 56.0 Å². The second kappa shape index (κ2) is 30.1. The van der Waals surface area contributed by atoms with Crippen molar-refractivity contribution in [2.75, 3.05) is 54.4 Å². The fourth-order valence-corrected chi connectivity index (χ4v) is 12.1. The summed E-state index contributed by atoms with van der Waals surface area (Å²) in [6, 6.07) is -1.18. The number of allylic oxidation sites excluding steroid dienone is 6. The summed E-state index contributed by atoms with van der Waals surface area (Å²) in [5.74, 6) is -8.35. The van der Waals surface area contributed by atoms with Crippen molar-refractivity contribution in [2.24, 2.45) is 35.5 Å². The van der Waals surface area contributed by atoms with Crippen LogP contribution in [-0.4, -0.2) is 153 Å². The van der Waals surface area contributed by atoms with Crippen LogP contribution < -0.4 is 0 Å². The number of carbonyl (C=O) groups is 5. The lowest BCUT2D eigenvalue weighted by Gasteiger charge is -2.42. The van der Waals surface area contributed by atoms with Gasteiger partial charge in [0.05, 0.1) is 37.6 Å². The highest BCUT2D eigenvalue weighted by atomic mass is 31.2. The van der Waals surface area contributed by atoms with Gasteiger partial charge in [-0.15, -0.1) is 0 Å². The lowest BCUT2D eigenvalue weighted by Crippen LogP contribution is -2.61. The molecule has 4 rings (SSSR count). The first-order chi connectivity index (χ1) is 35.0. The fraction of sp³-hybridized carbons (Fsp3) is 0.768. The van der Waals surface area contributed by atoms with Crippen LogP contribution in [0.4, 0.5) is 0 Å². The maximum absolute atomic E-state index is 14.6. The smallest absolute Gasteiger partial charge is 0.329 e. The van der Waals surface area contributed by atoms with Crippen LogP contribution in [0.2, 0.25) is 0 Å². The SMILES string of the molecule is CCOCCOP(C)(=O)O[C@@H]1CCC(C[C@@H](C)C2CC(=O)[C@H](C)/C=C(\C)[C@@H](O)[C@@H](OC)C(=O)[C@H](C)C[C@H](C)/C=C/C=C/C=C(\C)[C@@H](OC)C[C@@H]3CC[C@@H](C)[C@@](O)(O3)C(=O)C(=O)N3CCCC[C@H]3C(=O)O2)C[C@H]1OC. The fourth-order valence-electron chi connectivity index (χ4n) is 10.9. The number of amides is 1. The average molecular weight is 1060 g/mol. The number of ketones is 3. The van der Waals surface area contributed by atoms with Crippen LogP contribution >= 0.6 is 7.60 Å². The van der Waals surface area contributed by atoms with Crippen molar-refractivity contribution >= 4 is 36.8 Å². The minimum Gasteiger partial charge on any atom is -0.460 e. The zero-order chi connectivity index (χ0) is 54.9. The standard InChI is InChI=1S/C56H90NO16P/c1-13-69-27-28-70-74(12,65)73-46-25-23-42(32-49(46)67-10)31-38(5)48-34-45(58)37(4)30-40(7)51(60)52(68-11)50(59)39(6)29-35(2)19-15-14-16-20-36(3)47(66-9)33-43-24-22-41(8)56(64,72-43)53(61)54(62)57-26-18-17-21-44(57)55(63)71-48/h14-16,19-20,30,35,37-39,41-44,46-49,51-52,60,64H,13,17-18,21-29,31-34H2,1-12H3/b16-14+,19-15+,36-20+,40-30+/t35-,37-,38-,39-,41-,42?,43+,44+,46-,47+,48?,49-,51-,52+,56-,74?/m1/s1. The first-order valence-corrected chi connectivity index (χ1v) is 29.0. The third kappa shape index (κ3) is 17.9. The van der Waals surface area contributed by atoms with E-state index in [1.807, 2.05) is 65.0 Å². The Bertz CT molecular complexity index is 2040. The molecule has 18 heteroatoms. The van der Waals surface area contributed by atoms with Crippen molar-refractivity contribution in [3.8, 4) is 0 Å². The van der Waals surface area contributed by atoms with Gasteiger partial charge in [0.15, 0.2) is 5.78 Å². The summed E-state index contributed by atoms with van der Waals surface area (Å²) >= 11 is 0. The number of hydrogen-bond acceptors (Lipinski definition) is 16. The Morgan fingerprint density at radius 3 is 2.27 bits per heavy atom. The van der Waals surface area contributed by atoms with Gasteiger partial charge in [0, 0.05) is 71.7 Å². The van der Waals surface area contributed by atoms with Gasteiger partial charge in [-0.1, -0.05) is 71.1 Å². The zero-order valence-electron chi connectivity index (χ0n) is 46.4. The highest BCUT2D eigenvalue weighted by Gasteiger charge is 2.53. The molecule has 2 N–H and O–H groups in total. The van der Waals surface area contributed by atoms with Gasteiger partial charge in [0.1, 0.15) is 30.1 Å². The molecule has 0 spiro atoms. The molecule has 1 aliphatic carbocycles. The number of aliphatic hydroxyl groups is 2. The molecule has 1 saturated carbocycles. The Morgan fingerprint density at radius 2 is 1.59 bits per heavy atom. The predicted octanol–water partition coefficient (Wildman–Crippen LogP) is 8.08. The third-order valence-corrected chi connectivity index (χ3v) is 16.8. The van der Waals surface area contributed by atoms with Crippen molar-refractivity contribution in [1.29, 1.82) is 0 Å². The highest BCUT2D eigenvalue weighted by molar-refractivity contribution is 7.53. The summed E-state index contributed by atoms with van der Waals surface area (Å²) in [7, 11) is 1.08. The number of methoxy groups -OCH3 is 3. The summed E-state index contributed by atoms with van der Waals surface area (Å²) in [5, 5.41) is 23.6. The van der Waals surface area contributed by atoms with E-state index >= 15 is 0 Å². The number of aliphatic hydroxyl groups excluding tert-OH is 1. The van der Waals surface area contributed by atoms with Crippen LogP contribution in [0.25, 0.3) is 0 Å². The van der Waals surface area contributed by atoms with Crippen LogP contribution in [0.3, 0.4) is 0 Å². The van der Waals surface area contributed by atoms with Gasteiger partial charge in [0.2, 0.25) is 5.79 Å². The number of esters is 1. The molecule has 0 aromatic rings. The maximum atomic E-state index is 14.6. The van der Waals surface area contributed by atoms with Crippen LogP contribution in [-0.2, 0) is 66.0 Å². The summed E-state index contributed by atoms with van der Waals surface area (Å²) in [4.78, 5) is 72.6. The Balaban J connectivity index is 1.67. The van der Waals surface area contributed by atoms with Crippen molar-refractivity contribution in [1.82, 2.24) is 4.90 Å². The normalized spacial score (nSPS) is 37.8. The number of hydrogen-bond donors (Lipinski definition) is 2. The Hall–Kier alpha value is -3.22. The van der Waals surface area contributed by atoms with Gasteiger partial charge in [-0.3, -0.25) is 23.7 Å². The molecular weight excluding hydrogens is 974 g/mol. The molecule has 3 fully saturated rings. The van der Waals surface area contributed by atoms with Gasteiger partial charge in [0.25, 0.3) is 11.7 Å². The number of carbonyl (C=O) groups excluding carboxylic acids is 5. The topological polar surface area (TPSA) is 220 Å². The van der Waals surface area contributed by atoms with Gasteiger partial charge >= 0.3 is 13.6 Å². The second-order valence-corrected chi connectivity index (χ2v) is 23.5. The molecule has 0 radical (unpaired) electrons. The number of fused-ring (bicyclic) bond motifs is 3. The zero-order valence-corrected chi connectivity index (χ0v) is 47.3. The molecule has 3 aliphatic heterocycles. The lowest BCUT2D eigenvalue weighted by atomic mass is 9.78. The first-order valence-electron chi connectivity index (χ1n) is 27.0. The maximum Gasteiger partial charge on any atom is 0.329 e. The van der Waals surface area contributed by atoms with Gasteiger partial charge in [-0.2, -0.15) is 0 Å². The number of piperidine rings is 1. The number of cyclic esters (lactones) is 1. The Kier molecular flexibility index (Phi) is 25.7. The van der Waals surface area contributed by atoms with E-state index in [1.54, 1.807) is 41.1 Å². The average Bonchev–Trinajstić information content (AvgIpc) is 3.36. The molecule has 2 bridgehead atoms. The molecule has 3 heterocycles. The molecule has 3 unspecified atom stereocenters. The van der Waals surface area contributed by atoms with Gasteiger partial charge in [-0.05, 0) is 114 Å². The summed E-state index contributed by atoms with van der Waals surface area (Å²) in [5.41, 5.74) is 1.24. The molecule has 0 aromatic heterocycles. The Labute approximate surface area is 441 Å². The van der Waals surface area contributed by atoms with Crippen molar-refractivity contribution < 1.29 is 76.2 Å². The van der Waals surface area contributed by atoms with E-state index in [1.165, 1.54) is 18.7 Å². The largest absolute Gasteiger partial charge is 0.460 e. The minimum absolute atomic E-state index is 0.00261. The van der Waals surface area contributed by atoms with E-state index < -0.39 is 103 Å². The molecule has 16 atom stereocenters. The van der Waals surface area contributed by atoms with E-state index in [4.69, 9.17) is 37.5 Å². The van der Waals surface area contributed by atoms with E-state index in [9.17, 15) is 38.8 Å². The molecule has 17 nitrogen and oxygen atoms in total. The molecule has 1 amide bonds. The van der Waals surface area contributed by atoms with Crippen LogP contribution in [0.1, 0.15) is 132 Å². The molecule has 74 heavy (non-hydrogen) atoms. The van der Waals surface area contributed by atoms with Crippen LogP contribution in [0.5, 0.6) is 0 Å². The molecule has 4 aliphatic rings. The number of Topliss-reactive ketones (excluding diaryl/α,β-unsaturated/α-hetero) is 3. The quantitative estimate of drug-likeness (QED) is 0.0585. The molecular formula is C56H90NO16P. The summed E-state index contributed by atoms with van der Waals surface area (Å²) in [6.07, 6.45) is 10.6. The van der Waals surface area contributed by atoms with Crippen molar-refractivity contribution in [2.45, 2.75) is 187 Å². The predicted molar refractivity (Wildman–Crippen MR) is 280 cm³/mol. The van der Waals surface area contributed by atoms with E-state index in [0.29, 0.717) is 76.4 Å². The second-order valence-electron chi connectivity index (χ2n) is 21.5. The van der Waals surface area contributed by atoms with E-state index in [0.717, 1.165) is 5.57 Å². The highest BCUT2D eigenvalue weighted by Crippen LogP contribution is 2.48. The number of rotatable bonds is 13. The van der Waals surface area contributed by atoms with Crippen LogP contribution in [0.15, 0.2) is 47.6 Å². The lowest BCUT2D eigenvalue weighted by molar-refractivity contribution is -0.265. The number of nitrogens with zero attached hydrogens (tertiary/aromatic N) is 1. The first kappa shape index (κ1) is 63.3. The van der Waals surface area contributed by atoms with Crippen molar-refractivity contribution in [3.05, 3.63) is 47.6 Å². The minimum atomic E-state index is -3.44. The molecule has 420 valence electrons. The molecule has 0 aromatic carbocycles. The monoisotopic (exact) mass is 1060 g/mol. The summed E-state index contributed by atoms with van der Waals surface area (Å²) in [6.45, 7) is 16.9. The van der Waals surface area contributed by atoms with E-state index in [2.05, 4.69) is 0 Å². The molecule has 2 saturated heterocycles. The van der Waals surface area contributed by atoms with Gasteiger partial charge < -0.3 is 52.6 Å².